The highest BCUT2D eigenvalue weighted by molar-refractivity contribution is 7.89. The van der Waals surface area contributed by atoms with Crippen LogP contribution in [0.5, 0.6) is 0 Å². The van der Waals surface area contributed by atoms with Crippen molar-refractivity contribution in [3.05, 3.63) is 28.8 Å². The molecule has 1 atom stereocenters. The van der Waals surface area contributed by atoms with E-state index in [1.807, 2.05) is 0 Å². The van der Waals surface area contributed by atoms with Crippen LogP contribution in [0.1, 0.15) is 24.8 Å². The molecular formula is C13H17Cl2F3N2O2S. The summed E-state index contributed by atoms with van der Waals surface area (Å²) in [6.07, 6.45) is -2.56. The fourth-order valence-electron chi connectivity index (χ4n) is 2.54. The second-order valence-corrected chi connectivity index (χ2v) is 7.50. The van der Waals surface area contributed by atoms with Gasteiger partial charge in [-0.15, -0.1) is 12.4 Å². The van der Waals surface area contributed by atoms with Crippen LogP contribution < -0.4 is 5.73 Å². The monoisotopic (exact) mass is 392 g/mol. The van der Waals surface area contributed by atoms with Crippen molar-refractivity contribution in [2.45, 2.75) is 36.4 Å². The highest BCUT2D eigenvalue weighted by atomic mass is 35.5. The van der Waals surface area contributed by atoms with Gasteiger partial charge in [0.1, 0.15) is 0 Å². The zero-order chi connectivity index (χ0) is 16.5. The van der Waals surface area contributed by atoms with Crippen molar-refractivity contribution in [3.63, 3.8) is 0 Å². The van der Waals surface area contributed by atoms with E-state index >= 15 is 0 Å². The average molecular weight is 393 g/mol. The normalized spacial score (nSPS) is 20.1. The van der Waals surface area contributed by atoms with Gasteiger partial charge in [-0.3, -0.25) is 0 Å². The van der Waals surface area contributed by atoms with Gasteiger partial charge in [-0.25, -0.2) is 8.42 Å². The maximum absolute atomic E-state index is 12.8. The van der Waals surface area contributed by atoms with Crippen LogP contribution in [-0.4, -0.2) is 31.9 Å². The summed E-state index contributed by atoms with van der Waals surface area (Å²) in [5, 5.41) is -0.269. The van der Waals surface area contributed by atoms with Gasteiger partial charge in [-0.1, -0.05) is 18.0 Å². The van der Waals surface area contributed by atoms with E-state index in [1.165, 1.54) is 4.31 Å². The Bertz CT molecular complexity index is 653. The van der Waals surface area contributed by atoms with Crippen molar-refractivity contribution in [2.24, 2.45) is 5.73 Å². The van der Waals surface area contributed by atoms with Gasteiger partial charge in [0, 0.05) is 24.2 Å². The lowest BCUT2D eigenvalue weighted by atomic mass is 10.1. The number of benzene rings is 1. The molecule has 1 aromatic carbocycles. The molecule has 1 unspecified atom stereocenters. The summed E-state index contributed by atoms with van der Waals surface area (Å²) in [5.41, 5.74) is 4.50. The summed E-state index contributed by atoms with van der Waals surface area (Å²) in [7, 11) is -4.06. The Morgan fingerprint density at radius 3 is 2.48 bits per heavy atom. The highest BCUT2D eigenvalue weighted by Crippen LogP contribution is 2.34. The van der Waals surface area contributed by atoms with Gasteiger partial charge >= 0.3 is 6.18 Å². The summed E-state index contributed by atoms with van der Waals surface area (Å²) in [6, 6.07) is 1.96. The molecule has 0 amide bonds. The van der Waals surface area contributed by atoms with E-state index in [-0.39, 0.29) is 30.5 Å². The molecule has 2 N–H and O–H groups in total. The molecule has 2 rings (SSSR count). The fourth-order valence-corrected chi connectivity index (χ4v) is 4.61. The highest BCUT2D eigenvalue weighted by Gasteiger charge is 2.36. The molecule has 1 fully saturated rings. The number of piperidine rings is 1. The van der Waals surface area contributed by atoms with Crippen LogP contribution in [-0.2, 0) is 16.2 Å². The van der Waals surface area contributed by atoms with Crippen LogP contribution in [0.2, 0.25) is 5.02 Å². The minimum absolute atomic E-state index is 0. The predicted octanol–water partition coefficient (Wildman–Crippen LogP) is 3.28. The number of hydrogen-bond donors (Lipinski definition) is 1. The first-order valence-corrected chi connectivity index (χ1v) is 8.58. The largest absolute Gasteiger partial charge is 0.416 e. The third-order valence-electron chi connectivity index (χ3n) is 3.65. The van der Waals surface area contributed by atoms with Gasteiger partial charge in [0.2, 0.25) is 10.0 Å². The van der Waals surface area contributed by atoms with Crippen LogP contribution in [0.25, 0.3) is 0 Å². The smallest absolute Gasteiger partial charge is 0.329 e. The van der Waals surface area contributed by atoms with Crippen molar-refractivity contribution in [1.29, 1.82) is 0 Å². The van der Waals surface area contributed by atoms with Crippen LogP contribution in [0.3, 0.4) is 0 Å². The fraction of sp³-hybridized carbons (Fsp3) is 0.538. The zero-order valence-electron chi connectivity index (χ0n) is 12.0. The number of nitrogens with zero attached hydrogens (tertiary/aromatic N) is 1. The van der Waals surface area contributed by atoms with Gasteiger partial charge < -0.3 is 5.73 Å². The predicted molar refractivity (Wildman–Crippen MR) is 84.3 cm³/mol. The van der Waals surface area contributed by atoms with Crippen molar-refractivity contribution in [3.8, 4) is 0 Å². The van der Waals surface area contributed by atoms with E-state index in [9.17, 15) is 21.6 Å². The number of nitrogens with two attached hydrogens (primary N) is 1. The standard InChI is InChI=1S/C13H16ClF3N2O2S.ClH/c14-10-5-9(13(15,16)17)6-12(7-10)22(20,21)19-4-2-1-3-11(19)8-18;/h5-7,11H,1-4,8,18H2;1H. The van der Waals surface area contributed by atoms with E-state index in [0.717, 1.165) is 12.5 Å². The lowest BCUT2D eigenvalue weighted by Crippen LogP contribution is -2.47. The van der Waals surface area contributed by atoms with Crippen LogP contribution in [0.15, 0.2) is 23.1 Å². The molecule has 0 spiro atoms. The zero-order valence-corrected chi connectivity index (χ0v) is 14.4. The summed E-state index contributed by atoms with van der Waals surface area (Å²) < 4.78 is 64.9. The van der Waals surface area contributed by atoms with Crippen LogP contribution in [0.4, 0.5) is 13.2 Å². The summed E-state index contributed by atoms with van der Waals surface area (Å²) in [6.45, 7) is 0.379. The van der Waals surface area contributed by atoms with Crippen molar-refractivity contribution >= 4 is 34.0 Å². The summed E-state index contributed by atoms with van der Waals surface area (Å²) >= 11 is 5.66. The van der Waals surface area contributed by atoms with Crippen molar-refractivity contribution in [1.82, 2.24) is 4.31 Å². The minimum atomic E-state index is -4.66. The SMILES string of the molecule is Cl.NCC1CCCCN1S(=O)(=O)c1cc(Cl)cc(C(F)(F)F)c1. The van der Waals surface area contributed by atoms with Gasteiger partial charge in [0.15, 0.2) is 0 Å². The topological polar surface area (TPSA) is 63.4 Å². The van der Waals surface area contributed by atoms with E-state index in [4.69, 9.17) is 17.3 Å². The molecular weight excluding hydrogens is 376 g/mol. The van der Waals surface area contributed by atoms with Crippen molar-refractivity contribution < 1.29 is 21.6 Å². The third-order valence-corrected chi connectivity index (χ3v) is 5.80. The van der Waals surface area contributed by atoms with Gasteiger partial charge in [-0.2, -0.15) is 17.5 Å². The van der Waals surface area contributed by atoms with E-state index in [2.05, 4.69) is 0 Å². The maximum Gasteiger partial charge on any atom is 0.416 e. The first-order valence-electron chi connectivity index (χ1n) is 6.76. The van der Waals surface area contributed by atoms with Gasteiger partial charge in [0.05, 0.1) is 10.5 Å². The maximum atomic E-state index is 12.8. The van der Waals surface area contributed by atoms with E-state index in [0.29, 0.717) is 25.0 Å². The molecule has 1 aliphatic heterocycles. The molecule has 0 saturated carbocycles. The molecule has 23 heavy (non-hydrogen) atoms. The molecule has 1 aromatic rings. The Morgan fingerprint density at radius 1 is 1.26 bits per heavy atom. The Kier molecular flexibility index (Phi) is 6.74. The lowest BCUT2D eigenvalue weighted by Gasteiger charge is -2.34. The second kappa shape index (κ2) is 7.57. The Balaban J connectivity index is 0.00000264. The molecule has 1 saturated heterocycles. The molecule has 0 bridgehead atoms. The van der Waals surface area contributed by atoms with Gasteiger partial charge in [0.25, 0.3) is 0 Å². The minimum Gasteiger partial charge on any atom is -0.329 e. The quantitative estimate of drug-likeness (QED) is 0.858. The number of hydrogen-bond acceptors (Lipinski definition) is 3. The molecule has 1 heterocycles. The van der Waals surface area contributed by atoms with E-state index in [1.54, 1.807) is 0 Å². The van der Waals surface area contributed by atoms with E-state index < -0.39 is 32.7 Å². The molecule has 10 heteroatoms. The van der Waals surface area contributed by atoms with Crippen LogP contribution in [0, 0.1) is 0 Å². The Morgan fingerprint density at radius 2 is 1.91 bits per heavy atom. The third kappa shape index (κ3) is 4.51. The average Bonchev–Trinajstić information content (AvgIpc) is 2.45. The van der Waals surface area contributed by atoms with Crippen LogP contribution >= 0.6 is 24.0 Å². The number of sulfonamides is 1. The first-order chi connectivity index (χ1) is 10.2. The molecule has 0 aliphatic carbocycles. The molecule has 0 radical (unpaired) electrons. The molecule has 0 aromatic heterocycles. The van der Waals surface area contributed by atoms with Crippen molar-refractivity contribution in [2.75, 3.05) is 13.1 Å². The molecule has 4 nitrogen and oxygen atoms in total. The first kappa shape index (κ1) is 20.5. The molecule has 1 aliphatic rings. The van der Waals surface area contributed by atoms with Gasteiger partial charge in [-0.05, 0) is 31.0 Å². The second-order valence-electron chi connectivity index (χ2n) is 5.17. The number of alkyl halides is 3. The Labute approximate surface area is 144 Å². The lowest BCUT2D eigenvalue weighted by molar-refractivity contribution is -0.137. The Hall–Kier alpha value is -0.540. The number of rotatable bonds is 3. The summed E-state index contributed by atoms with van der Waals surface area (Å²) in [4.78, 5) is -0.451. The molecule has 132 valence electrons. The summed E-state index contributed by atoms with van der Waals surface area (Å²) in [5.74, 6) is 0. The number of halogens is 5.